The van der Waals surface area contributed by atoms with Crippen LogP contribution in [0.25, 0.3) is 11.3 Å². The molecule has 3 rings (SSSR count). The first-order chi connectivity index (χ1) is 17.0. The first kappa shape index (κ1) is 27.0. The highest BCUT2D eigenvalue weighted by molar-refractivity contribution is 7.89. The molecule has 0 saturated carbocycles. The normalized spacial score (nSPS) is 11.9. The third-order valence-electron chi connectivity index (χ3n) is 5.08. The molecule has 0 spiro atoms. The van der Waals surface area contributed by atoms with E-state index in [0.29, 0.717) is 0 Å². The number of carbonyl (C=O) groups excluding carboxylic acids is 2. The fourth-order valence-corrected chi connectivity index (χ4v) is 4.80. The maximum absolute atomic E-state index is 12.9. The van der Waals surface area contributed by atoms with Gasteiger partial charge in [0.25, 0.3) is 5.91 Å². The molecule has 12 heteroatoms. The number of furan rings is 1. The minimum Gasteiger partial charge on any atom is -0.450 e. The lowest BCUT2D eigenvalue weighted by Gasteiger charge is -2.18. The Labute approximate surface area is 205 Å². The van der Waals surface area contributed by atoms with Crippen LogP contribution >= 0.6 is 0 Å². The zero-order chi connectivity index (χ0) is 26.5. The number of carbonyl (C=O) groups is 2. The molecule has 1 heterocycles. The molecular weight excluding hydrogens is 501 g/mol. The van der Waals surface area contributed by atoms with Crippen molar-refractivity contribution in [3.63, 3.8) is 0 Å². The smallest absolute Gasteiger partial charge is 0.416 e. The quantitative estimate of drug-likeness (QED) is 0.404. The van der Waals surface area contributed by atoms with Crippen LogP contribution in [0, 0.1) is 0 Å². The lowest BCUT2D eigenvalue weighted by Crippen LogP contribution is -2.30. The highest BCUT2D eigenvalue weighted by Gasteiger charge is 2.30. The third kappa shape index (κ3) is 6.32. The van der Waals surface area contributed by atoms with E-state index in [1.54, 1.807) is 13.8 Å². The average Bonchev–Trinajstić information content (AvgIpc) is 3.33. The van der Waals surface area contributed by atoms with Crippen molar-refractivity contribution in [2.24, 2.45) is 0 Å². The number of hydrogen-bond acceptors (Lipinski definition) is 6. The molecule has 0 aliphatic carbocycles. The number of benzene rings is 2. The Kier molecular flexibility index (Phi) is 8.21. The van der Waals surface area contributed by atoms with E-state index in [0.717, 1.165) is 12.1 Å². The van der Waals surface area contributed by atoms with Gasteiger partial charge in [-0.3, -0.25) is 4.79 Å². The molecular formula is C24H23F3N2O6S. The number of anilines is 1. The van der Waals surface area contributed by atoms with Crippen LogP contribution in [0.2, 0.25) is 0 Å². The summed E-state index contributed by atoms with van der Waals surface area (Å²) >= 11 is 0. The molecule has 1 amide bonds. The van der Waals surface area contributed by atoms with Crippen LogP contribution in [0.3, 0.4) is 0 Å². The summed E-state index contributed by atoms with van der Waals surface area (Å²) in [6, 6.07) is 12.6. The molecule has 0 saturated heterocycles. The summed E-state index contributed by atoms with van der Waals surface area (Å²) in [5.41, 5.74) is -0.568. The van der Waals surface area contributed by atoms with Gasteiger partial charge < -0.3 is 14.5 Å². The fraction of sp³-hybridized carbons (Fsp3) is 0.250. The largest absolute Gasteiger partial charge is 0.450 e. The molecule has 2 aromatic carbocycles. The molecule has 0 bridgehead atoms. The van der Waals surface area contributed by atoms with Gasteiger partial charge in [-0.1, -0.05) is 32.0 Å². The second-order valence-corrected chi connectivity index (χ2v) is 9.42. The molecule has 0 fully saturated rings. The van der Waals surface area contributed by atoms with Gasteiger partial charge >= 0.3 is 12.1 Å². The van der Waals surface area contributed by atoms with Gasteiger partial charge in [-0.25, -0.2) is 13.2 Å². The summed E-state index contributed by atoms with van der Waals surface area (Å²) in [7, 11) is -3.73. The van der Waals surface area contributed by atoms with Gasteiger partial charge in [0.2, 0.25) is 15.8 Å². The van der Waals surface area contributed by atoms with E-state index in [9.17, 15) is 31.2 Å². The van der Waals surface area contributed by atoms with Gasteiger partial charge in [-0.15, -0.1) is 0 Å². The van der Waals surface area contributed by atoms with E-state index in [4.69, 9.17) is 9.15 Å². The van der Waals surface area contributed by atoms with Crippen molar-refractivity contribution < 1.29 is 40.3 Å². The standard InChI is InChI=1S/C24H23F3N2O6S/c1-3-29(4-2)36(32,33)19-10-6-9-18(14-19)28-22(30)15-34-23(31)21-12-11-20(35-21)16-7-5-8-17(13-16)24(25,26)27/h5-14H,3-4,15H2,1-2H3,(H,28,30). The zero-order valence-electron chi connectivity index (χ0n) is 19.3. The van der Waals surface area contributed by atoms with Gasteiger partial charge in [0.15, 0.2) is 6.61 Å². The zero-order valence-corrected chi connectivity index (χ0v) is 20.2. The minimum atomic E-state index is -4.53. The summed E-state index contributed by atoms with van der Waals surface area (Å²) in [6.07, 6.45) is -4.53. The maximum Gasteiger partial charge on any atom is 0.416 e. The van der Waals surface area contributed by atoms with Crippen LogP contribution in [-0.4, -0.2) is 44.3 Å². The number of ether oxygens (including phenoxy) is 1. The number of rotatable bonds is 9. The van der Waals surface area contributed by atoms with E-state index < -0.39 is 40.2 Å². The van der Waals surface area contributed by atoms with Gasteiger partial charge in [0.05, 0.1) is 10.5 Å². The Bertz CT molecular complexity index is 1350. The molecule has 1 N–H and O–H groups in total. The molecule has 0 aliphatic rings. The van der Waals surface area contributed by atoms with Gasteiger partial charge in [0.1, 0.15) is 5.76 Å². The molecule has 8 nitrogen and oxygen atoms in total. The summed E-state index contributed by atoms with van der Waals surface area (Å²) < 4.78 is 75.6. The van der Waals surface area contributed by atoms with Crippen molar-refractivity contribution in [2.75, 3.05) is 25.0 Å². The van der Waals surface area contributed by atoms with Crippen molar-refractivity contribution in [1.29, 1.82) is 0 Å². The molecule has 1 aromatic heterocycles. The second kappa shape index (κ2) is 11.0. The Morgan fingerprint density at radius 2 is 1.69 bits per heavy atom. The molecule has 0 atom stereocenters. The van der Waals surface area contributed by atoms with Gasteiger partial charge in [0, 0.05) is 24.3 Å². The third-order valence-corrected chi connectivity index (χ3v) is 7.12. The number of sulfonamides is 1. The van der Waals surface area contributed by atoms with Crippen molar-refractivity contribution in [2.45, 2.75) is 24.9 Å². The van der Waals surface area contributed by atoms with Crippen LogP contribution in [0.4, 0.5) is 18.9 Å². The SMILES string of the molecule is CCN(CC)S(=O)(=O)c1cccc(NC(=O)COC(=O)c2ccc(-c3cccc(C(F)(F)F)c3)o2)c1. The van der Waals surface area contributed by atoms with Crippen molar-refractivity contribution in [1.82, 2.24) is 4.31 Å². The van der Waals surface area contributed by atoms with E-state index in [1.807, 2.05) is 0 Å². The Balaban J connectivity index is 1.62. The number of amides is 1. The van der Waals surface area contributed by atoms with Crippen LogP contribution in [0.5, 0.6) is 0 Å². The lowest BCUT2D eigenvalue weighted by atomic mass is 10.1. The maximum atomic E-state index is 12.9. The Morgan fingerprint density at radius 1 is 1.00 bits per heavy atom. The molecule has 192 valence electrons. The van der Waals surface area contributed by atoms with E-state index in [1.165, 1.54) is 52.8 Å². The summed E-state index contributed by atoms with van der Waals surface area (Å²) in [4.78, 5) is 24.5. The van der Waals surface area contributed by atoms with Crippen LogP contribution in [-0.2, 0) is 25.7 Å². The Hall–Kier alpha value is -3.64. The molecule has 3 aromatic rings. The van der Waals surface area contributed by atoms with E-state index in [2.05, 4.69) is 5.32 Å². The highest BCUT2D eigenvalue weighted by Crippen LogP contribution is 2.32. The Morgan fingerprint density at radius 3 is 2.36 bits per heavy atom. The summed E-state index contributed by atoms with van der Waals surface area (Å²) in [5.74, 6) is -2.02. The van der Waals surface area contributed by atoms with E-state index >= 15 is 0 Å². The van der Waals surface area contributed by atoms with Crippen LogP contribution in [0.15, 0.2) is 70.0 Å². The summed E-state index contributed by atoms with van der Waals surface area (Å²) in [5, 5.41) is 2.45. The van der Waals surface area contributed by atoms with Crippen molar-refractivity contribution >= 4 is 27.6 Å². The number of nitrogens with zero attached hydrogens (tertiary/aromatic N) is 1. The second-order valence-electron chi connectivity index (χ2n) is 7.48. The lowest BCUT2D eigenvalue weighted by molar-refractivity contribution is -0.137. The van der Waals surface area contributed by atoms with Gasteiger partial charge in [-0.05, 0) is 42.5 Å². The van der Waals surface area contributed by atoms with Crippen molar-refractivity contribution in [3.8, 4) is 11.3 Å². The number of esters is 1. The first-order valence-corrected chi connectivity index (χ1v) is 12.2. The van der Waals surface area contributed by atoms with Crippen molar-refractivity contribution in [3.05, 3.63) is 72.0 Å². The van der Waals surface area contributed by atoms with Gasteiger partial charge in [-0.2, -0.15) is 17.5 Å². The molecule has 0 radical (unpaired) electrons. The molecule has 0 aliphatic heterocycles. The average molecular weight is 525 g/mol. The van der Waals surface area contributed by atoms with Crippen LogP contribution in [0.1, 0.15) is 30.0 Å². The number of halogens is 3. The minimum absolute atomic E-state index is 0.00120. The number of hydrogen-bond donors (Lipinski definition) is 1. The monoisotopic (exact) mass is 524 g/mol. The first-order valence-electron chi connectivity index (χ1n) is 10.8. The highest BCUT2D eigenvalue weighted by atomic mass is 32.2. The number of nitrogens with one attached hydrogen (secondary N) is 1. The predicted molar refractivity (Wildman–Crippen MR) is 125 cm³/mol. The number of alkyl halides is 3. The predicted octanol–water partition coefficient (Wildman–Crippen LogP) is 4.79. The van der Waals surface area contributed by atoms with Crippen LogP contribution < -0.4 is 5.32 Å². The fourth-order valence-electron chi connectivity index (χ4n) is 3.30. The molecule has 0 unspecified atom stereocenters. The van der Waals surface area contributed by atoms with E-state index in [-0.39, 0.29) is 40.8 Å². The summed E-state index contributed by atoms with van der Waals surface area (Å²) in [6.45, 7) is 3.29. The molecule has 36 heavy (non-hydrogen) atoms. The topological polar surface area (TPSA) is 106 Å².